The Balaban J connectivity index is 2.28. The summed E-state index contributed by atoms with van der Waals surface area (Å²) in [5, 5.41) is 3.78. The fourth-order valence-corrected chi connectivity index (χ4v) is 1.27. The largest absolute Gasteiger partial charge is 0.361 e. The molecular weight excluding hydrogens is 126 g/mol. The average molecular weight is 137 g/mol. The van der Waals surface area contributed by atoms with E-state index >= 15 is 0 Å². The van der Waals surface area contributed by atoms with E-state index in [0.29, 0.717) is 0 Å². The van der Waals surface area contributed by atoms with Crippen molar-refractivity contribution in [3.05, 3.63) is 17.5 Å². The van der Waals surface area contributed by atoms with Crippen LogP contribution < -0.4 is 0 Å². The van der Waals surface area contributed by atoms with Crippen LogP contribution in [0.5, 0.6) is 0 Å². The molecule has 2 rings (SSSR count). The Bertz CT molecular complexity index is 225. The first kappa shape index (κ1) is 5.96. The molecule has 1 heterocycles. The van der Waals surface area contributed by atoms with Gasteiger partial charge in [-0.15, -0.1) is 0 Å². The zero-order valence-electron chi connectivity index (χ0n) is 6.13. The number of aromatic nitrogens is 1. The summed E-state index contributed by atoms with van der Waals surface area (Å²) < 4.78 is 5.07. The van der Waals surface area contributed by atoms with Gasteiger partial charge < -0.3 is 4.52 Å². The van der Waals surface area contributed by atoms with Gasteiger partial charge in [-0.05, 0) is 18.8 Å². The van der Waals surface area contributed by atoms with Crippen molar-refractivity contribution in [2.24, 2.45) is 0 Å². The third-order valence-corrected chi connectivity index (χ3v) is 2.01. The van der Waals surface area contributed by atoms with E-state index in [1.807, 2.05) is 6.20 Å². The minimum absolute atomic E-state index is 0.779. The normalized spacial score (nSPS) is 17.7. The average Bonchev–Trinajstić information content (AvgIpc) is 2.69. The number of hydrogen-bond acceptors (Lipinski definition) is 2. The fraction of sp³-hybridized carbons (Fsp3) is 0.625. The summed E-state index contributed by atoms with van der Waals surface area (Å²) in [6.45, 7) is 2.10. The maximum absolute atomic E-state index is 5.07. The van der Waals surface area contributed by atoms with Gasteiger partial charge in [-0.3, -0.25) is 0 Å². The highest BCUT2D eigenvalue weighted by Gasteiger charge is 2.27. The Labute approximate surface area is 60.2 Å². The number of rotatable bonds is 2. The minimum Gasteiger partial charge on any atom is -0.361 e. The molecule has 1 aromatic rings. The van der Waals surface area contributed by atoms with Crippen LogP contribution in [0.3, 0.4) is 0 Å². The quantitative estimate of drug-likeness (QED) is 0.624. The predicted molar refractivity (Wildman–Crippen MR) is 37.9 cm³/mol. The number of hydrogen-bond donors (Lipinski definition) is 0. The molecule has 0 saturated heterocycles. The van der Waals surface area contributed by atoms with Crippen LogP contribution in [0.1, 0.15) is 37.0 Å². The lowest BCUT2D eigenvalue weighted by Crippen LogP contribution is -1.81. The molecule has 1 aliphatic rings. The van der Waals surface area contributed by atoms with Gasteiger partial charge >= 0.3 is 0 Å². The molecule has 0 N–H and O–H groups in total. The van der Waals surface area contributed by atoms with Crippen molar-refractivity contribution in [3.8, 4) is 0 Å². The summed E-state index contributed by atoms with van der Waals surface area (Å²) in [6.07, 6.45) is 5.50. The summed E-state index contributed by atoms with van der Waals surface area (Å²) in [4.78, 5) is 0. The van der Waals surface area contributed by atoms with E-state index in [4.69, 9.17) is 4.52 Å². The fourth-order valence-electron chi connectivity index (χ4n) is 1.27. The maximum atomic E-state index is 5.07. The molecule has 2 heteroatoms. The van der Waals surface area contributed by atoms with Gasteiger partial charge in [0.05, 0.1) is 6.20 Å². The zero-order valence-corrected chi connectivity index (χ0v) is 6.13. The first-order valence-corrected chi connectivity index (χ1v) is 3.85. The smallest absolute Gasteiger partial charge is 0.139 e. The van der Waals surface area contributed by atoms with Crippen molar-refractivity contribution in [2.75, 3.05) is 0 Å². The molecule has 0 amide bonds. The van der Waals surface area contributed by atoms with Crippen molar-refractivity contribution in [2.45, 2.75) is 32.1 Å². The Morgan fingerprint density at radius 1 is 1.70 bits per heavy atom. The molecule has 0 radical (unpaired) electrons. The SMILES string of the molecule is CCc1oncc1C1CC1. The molecule has 0 unspecified atom stereocenters. The van der Waals surface area contributed by atoms with Crippen LogP contribution in [0.4, 0.5) is 0 Å². The highest BCUT2D eigenvalue weighted by Crippen LogP contribution is 2.41. The van der Waals surface area contributed by atoms with Gasteiger partial charge in [0.25, 0.3) is 0 Å². The van der Waals surface area contributed by atoms with Crippen LogP contribution in [0.2, 0.25) is 0 Å². The first-order valence-electron chi connectivity index (χ1n) is 3.85. The van der Waals surface area contributed by atoms with Gasteiger partial charge in [-0.1, -0.05) is 12.1 Å². The molecular formula is C8H11NO. The third-order valence-electron chi connectivity index (χ3n) is 2.01. The van der Waals surface area contributed by atoms with Gasteiger partial charge in [0.15, 0.2) is 0 Å². The van der Waals surface area contributed by atoms with Gasteiger partial charge in [0.1, 0.15) is 5.76 Å². The topological polar surface area (TPSA) is 26.0 Å². The molecule has 1 fully saturated rings. The molecule has 10 heavy (non-hydrogen) atoms. The van der Waals surface area contributed by atoms with Crippen LogP contribution in [0.25, 0.3) is 0 Å². The Kier molecular flexibility index (Phi) is 1.26. The van der Waals surface area contributed by atoms with Crippen LogP contribution in [0, 0.1) is 0 Å². The van der Waals surface area contributed by atoms with Crippen molar-refractivity contribution in [3.63, 3.8) is 0 Å². The predicted octanol–water partition coefficient (Wildman–Crippen LogP) is 2.11. The van der Waals surface area contributed by atoms with Crippen LogP contribution in [-0.2, 0) is 6.42 Å². The second-order valence-electron chi connectivity index (χ2n) is 2.83. The molecule has 1 aliphatic carbocycles. The van der Waals surface area contributed by atoms with E-state index in [1.165, 1.54) is 18.4 Å². The van der Waals surface area contributed by atoms with E-state index in [0.717, 1.165) is 18.1 Å². The molecule has 0 aromatic carbocycles. The molecule has 0 spiro atoms. The molecule has 54 valence electrons. The van der Waals surface area contributed by atoms with E-state index in [1.54, 1.807) is 0 Å². The lowest BCUT2D eigenvalue weighted by atomic mass is 10.1. The van der Waals surface area contributed by atoms with Crippen LogP contribution in [0.15, 0.2) is 10.7 Å². The van der Waals surface area contributed by atoms with Crippen molar-refractivity contribution in [1.29, 1.82) is 0 Å². The van der Waals surface area contributed by atoms with E-state index in [2.05, 4.69) is 12.1 Å². The number of nitrogens with zero attached hydrogens (tertiary/aromatic N) is 1. The van der Waals surface area contributed by atoms with Crippen molar-refractivity contribution in [1.82, 2.24) is 5.16 Å². The minimum atomic E-state index is 0.779. The summed E-state index contributed by atoms with van der Waals surface area (Å²) in [7, 11) is 0. The van der Waals surface area contributed by atoms with Gasteiger partial charge in [-0.25, -0.2) is 0 Å². The summed E-state index contributed by atoms with van der Waals surface area (Å²) in [6, 6.07) is 0. The Hall–Kier alpha value is -0.790. The van der Waals surface area contributed by atoms with Crippen molar-refractivity contribution >= 4 is 0 Å². The lowest BCUT2D eigenvalue weighted by molar-refractivity contribution is 0.385. The zero-order chi connectivity index (χ0) is 6.97. The van der Waals surface area contributed by atoms with E-state index < -0.39 is 0 Å². The highest BCUT2D eigenvalue weighted by molar-refractivity contribution is 5.23. The lowest BCUT2D eigenvalue weighted by Gasteiger charge is -1.91. The maximum Gasteiger partial charge on any atom is 0.139 e. The summed E-state index contributed by atoms with van der Waals surface area (Å²) >= 11 is 0. The van der Waals surface area contributed by atoms with Crippen molar-refractivity contribution < 1.29 is 4.52 Å². The summed E-state index contributed by atoms with van der Waals surface area (Å²) in [5.41, 5.74) is 1.35. The van der Waals surface area contributed by atoms with E-state index in [-0.39, 0.29) is 0 Å². The third kappa shape index (κ3) is 0.838. The van der Waals surface area contributed by atoms with Crippen LogP contribution >= 0.6 is 0 Å². The number of aryl methyl sites for hydroxylation is 1. The molecule has 0 atom stereocenters. The first-order chi connectivity index (χ1) is 4.92. The highest BCUT2D eigenvalue weighted by atomic mass is 16.5. The summed E-state index contributed by atoms with van der Waals surface area (Å²) in [5.74, 6) is 1.86. The van der Waals surface area contributed by atoms with Crippen LogP contribution in [-0.4, -0.2) is 5.16 Å². The molecule has 0 bridgehead atoms. The molecule has 0 aliphatic heterocycles. The van der Waals surface area contributed by atoms with Gasteiger partial charge in [-0.2, -0.15) is 0 Å². The Morgan fingerprint density at radius 2 is 2.50 bits per heavy atom. The monoisotopic (exact) mass is 137 g/mol. The molecule has 2 nitrogen and oxygen atoms in total. The molecule has 1 saturated carbocycles. The van der Waals surface area contributed by atoms with Gasteiger partial charge in [0, 0.05) is 12.0 Å². The van der Waals surface area contributed by atoms with Gasteiger partial charge in [0.2, 0.25) is 0 Å². The second kappa shape index (κ2) is 2.11. The second-order valence-corrected chi connectivity index (χ2v) is 2.83. The Morgan fingerprint density at radius 3 is 3.10 bits per heavy atom. The van der Waals surface area contributed by atoms with E-state index in [9.17, 15) is 0 Å². The molecule has 1 aromatic heterocycles. The standard InChI is InChI=1S/C8H11NO/c1-2-8-7(5-9-10-8)6-3-4-6/h5-6H,2-4H2,1H3.